The van der Waals surface area contributed by atoms with Gasteiger partial charge >= 0.3 is 11.7 Å². The van der Waals surface area contributed by atoms with Crippen LogP contribution in [-0.2, 0) is 20.8 Å². The van der Waals surface area contributed by atoms with Crippen molar-refractivity contribution in [3.05, 3.63) is 15.2 Å². The number of carbonyl (C=O) groups is 1. The predicted molar refractivity (Wildman–Crippen MR) is 79.1 cm³/mol. The maximum Gasteiger partial charge on any atom is 0.347 e. The van der Waals surface area contributed by atoms with Crippen LogP contribution >= 0.6 is 15.9 Å². The normalized spacial score (nSPS) is 17.7. The maximum absolute atomic E-state index is 12.4. The minimum absolute atomic E-state index is 0.283. The van der Waals surface area contributed by atoms with Gasteiger partial charge in [0.25, 0.3) is 0 Å². The van der Waals surface area contributed by atoms with Crippen LogP contribution in [0.2, 0.25) is 0 Å². The monoisotopic (exact) mass is 361 g/mol. The van der Waals surface area contributed by atoms with Crippen LogP contribution in [0.5, 0.6) is 0 Å². The average molecular weight is 362 g/mol. The molecule has 0 N–H and O–H groups in total. The zero-order chi connectivity index (χ0) is 15.4. The van der Waals surface area contributed by atoms with Gasteiger partial charge in [-0.3, -0.25) is 4.57 Å². The van der Waals surface area contributed by atoms with E-state index in [9.17, 15) is 9.59 Å². The Kier molecular flexibility index (Phi) is 5.58. The fourth-order valence-corrected chi connectivity index (χ4v) is 3.03. The van der Waals surface area contributed by atoms with Gasteiger partial charge in [0, 0.05) is 19.8 Å². The molecule has 2 rings (SSSR count). The molecule has 0 spiro atoms. The van der Waals surface area contributed by atoms with Gasteiger partial charge < -0.3 is 9.47 Å². The topological polar surface area (TPSA) is 75.3 Å². The zero-order valence-corrected chi connectivity index (χ0v) is 13.8. The summed E-state index contributed by atoms with van der Waals surface area (Å²) in [6.07, 6.45) is 1.84. The predicted octanol–water partition coefficient (Wildman–Crippen LogP) is 1.36. The third kappa shape index (κ3) is 3.74. The molecule has 1 aromatic heterocycles. The first-order chi connectivity index (χ1) is 10.0. The summed E-state index contributed by atoms with van der Waals surface area (Å²) in [5.41, 5.74) is -0.297. The first-order valence-corrected chi connectivity index (χ1v) is 7.93. The Bertz CT molecular complexity index is 548. The van der Waals surface area contributed by atoms with Gasteiger partial charge in [-0.25, -0.2) is 14.3 Å². The number of carbonyl (C=O) groups excluding carboxylic acids is 1. The van der Waals surface area contributed by atoms with E-state index in [1.807, 2.05) is 0 Å². The molecular formula is C13H20BrN3O4. The summed E-state index contributed by atoms with van der Waals surface area (Å²) in [7, 11) is 0. The Morgan fingerprint density at radius 1 is 1.52 bits per heavy atom. The van der Waals surface area contributed by atoms with Crippen molar-refractivity contribution in [1.82, 2.24) is 14.3 Å². The average Bonchev–Trinajstić information content (AvgIpc) is 2.74. The van der Waals surface area contributed by atoms with Gasteiger partial charge in [-0.1, -0.05) is 0 Å². The first kappa shape index (κ1) is 16.2. The number of halogens is 1. The third-order valence-electron chi connectivity index (χ3n) is 3.62. The SMILES string of the molecule is CCOC(=O)C(C)n1c(Br)nn(CC2CCOCC2)c1=O. The lowest BCUT2D eigenvalue weighted by Crippen LogP contribution is -2.33. The molecule has 0 bridgehead atoms. The molecule has 0 saturated carbocycles. The van der Waals surface area contributed by atoms with Crippen molar-refractivity contribution in [3.8, 4) is 0 Å². The standard InChI is InChI=1S/C13H20BrN3O4/c1-3-21-11(18)9(2)17-12(14)15-16(13(17)19)8-10-4-6-20-7-5-10/h9-10H,3-8H2,1-2H3. The summed E-state index contributed by atoms with van der Waals surface area (Å²) in [5, 5.41) is 4.20. The van der Waals surface area contributed by atoms with Crippen LogP contribution in [0.4, 0.5) is 0 Å². The molecule has 0 aliphatic carbocycles. The molecule has 1 aliphatic rings. The molecule has 1 atom stereocenters. The van der Waals surface area contributed by atoms with E-state index in [4.69, 9.17) is 9.47 Å². The molecule has 0 aromatic carbocycles. The second kappa shape index (κ2) is 7.22. The van der Waals surface area contributed by atoms with Crippen molar-refractivity contribution in [2.75, 3.05) is 19.8 Å². The highest BCUT2D eigenvalue weighted by molar-refractivity contribution is 9.10. The Labute approximate surface area is 131 Å². The van der Waals surface area contributed by atoms with E-state index in [1.54, 1.807) is 13.8 Å². The molecular weight excluding hydrogens is 342 g/mol. The summed E-state index contributed by atoms with van der Waals surface area (Å²) in [6.45, 7) is 5.64. The molecule has 118 valence electrons. The second-order valence-electron chi connectivity index (χ2n) is 5.09. The number of nitrogens with zero attached hydrogens (tertiary/aromatic N) is 3. The fourth-order valence-electron chi connectivity index (χ4n) is 2.38. The molecule has 1 saturated heterocycles. The molecule has 0 radical (unpaired) electrons. The van der Waals surface area contributed by atoms with Gasteiger partial charge in [-0.05, 0) is 48.5 Å². The Hall–Kier alpha value is -1.15. The molecule has 2 heterocycles. The van der Waals surface area contributed by atoms with Gasteiger partial charge in [0.2, 0.25) is 4.73 Å². The smallest absolute Gasteiger partial charge is 0.347 e. The quantitative estimate of drug-likeness (QED) is 0.740. The Balaban J connectivity index is 2.16. The van der Waals surface area contributed by atoms with E-state index in [0.717, 1.165) is 26.1 Å². The minimum atomic E-state index is -0.699. The van der Waals surface area contributed by atoms with E-state index >= 15 is 0 Å². The van der Waals surface area contributed by atoms with Crippen molar-refractivity contribution < 1.29 is 14.3 Å². The molecule has 7 nitrogen and oxygen atoms in total. The van der Waals surface area contributed by atoms with Crippen LogP contribution in [0.25, 0.3) is 0 Å². The van der Waals surface area contributed by atoms with Gasteiger partial charge in [-0.2, -0.15) is 0 Å². The van der Waals surface area contributed by atoms with Crippen molar-refractivity contribution in [1.29, 1.82) is 0 Å². The largest absolute Gasteiger partial charge is 0.464 e. The van der Waals surface area contributed by atoms with E-state index in [2.05, 4.69) is 21.0 Å². The summed E-state index contributed by atoms with van der Waals surface area (Å²) in [4.78, 5) is 24.2. The van der Waals surface area contributed by atoms with E-state index in [-0.39, 0.29) is 12.3 Å². The van der Waals surface area contributed by atoms with Crippen molar-refractivity contribution in [2.24, 2.45) is 5.92 Å². The van der Waals surface area contributed by atoms with Gasteiger partial charge in [0.15, 0.2) is 0 Å². The molecule has 8 heteroatoms. The lowest BCUT2D eigenvalue weighted by atomic mass is 10.0. The number of esters is 1. The first-order valence-electron chi connectivity index (χ1n) is 7.13. The molecule has 1 unspecified atom stereocenters. The van der Waals surface area contributed by atoms with Gasteiger partial charge in [-0.15, -0.1) is 5.10 Å². The second-order valence-corrected chi connectivity index (χ2v) is 5.80. The summed E-state index contributed by atoms with van der Waals surface area (Å²) in [6, 6.07) is -0.699. The Morgan fingerprint density at radius 3 is 2.81 bits per heavy atom. The van der Waals surface area contributed by atoms with Crippen LogP contribution in [0.3, 0.4) is 0 Å². The molecule has 1 aromatic rings. The number of hydrogen-bond acceptors (Lipinski definition) is 5. The van der Waals surface area contributed by atoms with Crippen LogP contribution in [0.15, 0.2) is 9.53 Å². The lowest BCUT2D eigenvalue weighted by Gasteiger charge is -2.21. The molecule has 1 aliphatic heterocycles. The van der Waals surface area contributed by atoms with E-state index in [0.29, 0.717) is 17.2 Å². The summed E-state index contributed by atoms with van der Waals surface area (Å²) >= 11 is 3.25. The highest BCUT2D eigenvalue weighted by Crippen LogP contribution is 2.18. The fraction of sp³-hybridized carbons (Fsp3) is 0.769. The van der Waals surface area contributed by atoms with Gasteiger partial charge in [0.05, 0.1) is 6.61 Å². The van der Waals surface area contributed by atoms with Gasteiger partial charge in [0.1, 0.15) is 6.04 Å². The lowest BCUT2D eigenvalue weighted by molar-refractivity contribution is -0.146. The number of ether oxygens (including phenoxy) is 2. The summed E-state index contributed by atoms with van der Waals surface area (Å²) < 4.78 is 13.3. The minimum Gasteiger partial charge on any atom is -0.464 e. The number of hydrogen-bond donors (Lipinski definition) is 0. The maximum atomic E-state index is 12.4. The third-order valence-corrected chi connectivity index (χ3v) is 4.16. The van der Waals surface area contributed by atoms with Crippen LogP contribution in [0, 0.1) is 5.92 Å². The highest BCUT2D eigenvalue weighted by Gasteiger charge is 2.25. The van der Waals surface area contributed by atoms with E-state index < -0.39 is 12.0 Å². The Morgan fingerprint density at radius 2 is 2.19 bits per heavy atom. The van der Waals surface area contributed by atoms with Crippen LogP contribution in [0.1, 0.15) is 32.7 Å². The van der Waals surface area contributed by atoms with Crippen molar-refractivity contribution in [3.63, 3.8) is 0 Å². The molecule has 21 heavy (non-hydrogen) atoms. The number of rotatable bonds is 5. The van der Waals surface area contributed by atoms with Crippen molar-refractivity contribution in [2.45, 2.75) is 39.3 Å². The van der Waals surface area contributed by atoms with E-state index in [1.165, 1.54) is 9.25 Å². The molecule has 1 fully saturated rings. The van der Waals surface area contributed by atoms with Crippen molar-refractivity contribution >= 4 is 21.9 Å². The highest BCUT2D eigenvalue weighted by atomic mass is 79.9. The van der Waals surface area contributed by atoms with Crippen LogP contribution in [-0.4, -0.2) is 40.1 Å². The summed E-state index contributed by atoms with van der Waals surface area (Å²) in [5.74, 6) is -0.0597. The van der Waals surface area contributed by atoms with Crippen LogP contribution < -0.4 is 5.69 Å². The number of aromatic nitrogens is 3. The zero-order valence-electron chi connectivity index (χ0n) is 12.2. The molecule has 0 amide bonds.